The summed E-state index contributed by atoms with van der Waals surface area (Å²) < 4.78 is 6.12. The van der Waals surface area contributed by atoms with Gasteiger partial charge in [0, 0.05) is 36.8 Å². The Morgan fingerprint density at radius 2 is 2.22 bits per heavy atom. The van der Waals surface area contributed by atoms with Crippen LogP contribution in [0.5, 0.6) is 0 Å². The van der Waals surface area contributed by atoms with Gasteiger partial charge in [0.2, 0.25) is 0 Å². The van der Waals surface area contributed by atoms with Gasteiger partial charge < -0.3 is 20.1 Å². The average Bonchev–Trinajstić information content (AvgIpc) is 2.54. The largest absolute Gasteiger partial charge is 0.508 e. The topological polar surface area (TPSA) is 65.0 Å². The average molecular weight is 353 g/mol. The van der Waals surface area contributed by atoms with Crippen LogP contribution < -0.4 is 5.32 Å². The van der Waals surface area contributed by atoms with Crippen LogP contribution in [-0.4, -0.2) is 63.4 Å². The van der Waals surface area contributed by atoms with Crippen molar-refractivity contribution in [2.24, 2.45) is 0 Å². The van der Waals surface area contributed by atoms with Crippen LogP contribution in [0.4, 0.5) is 0 Å². The third-order valence-corrected chi connectivity index (χ3v) is 5.34. The molecule has 3 heterocycles. The van der Waals surface area contributed by atoms with Crippen molar-refractivity contribution >= 4 is 34.2 Å². The van der Waals surface area contributed by atoms with Gasteiger partial charge in [-0.25, -0.2) is 0 Å². The number of aliphatic hydroxyl groups is 1. The summed E-state index contributed by atoms with van der Waals surface area (Å²) in [7, 11) is 0. The van der Waals surface area contributed by atoms with Gasteiger partial charge in [0.05, 0.1) is 13.2 Å². The number of rotatable bonds is 2. The number of allylic oxidation sites excluding steroid dienone is 2. The minimum Gasteiger partial charge on any atom is -0.508 e. The number of amides is 1. The molecule has 0 aliphatic carbocycles. The lowest BCUT2D eigenvalue weighted by molar-refractivity contribution is -0.126. The molecule has 1 fully saturated rings. The van der Waals surface area contributed by atoms with E-state index in [0.29, 0.717) is 19.0 Å². The van der Waals surface area contributed by atoms with Gasteiger partial charge in [0.15, 0.2) is 6.17 Å². The molecule has 1 atom stereocenters. The molecule has 0 spiro atoms. The number of nitrogens with zero attached hydrogens (tertiary/aromatic N) is 2. The zero-order chi connectivity index (χ0) is 16.4. The number of thiocarbonyl (C=S) groups is 1. The van der Waals surface area contributed by atoms with Crippen molar-refractivity contribution in [2.45, 2.75) is 13.1 Å². The highest BCUT2D eigenvalue weighted by Gasteiger charge is 2.32. The molecule has 1 unspecified atom stereocenters. The Hall–Kier alpha value is -1.51. The second-order valence-corrected chi connectivity index (χ2v) is 7.17. The first kappa shape index (κ1) is 16.4. The zero-order valence-electron chi connectivity index (χ0n) is 12.8. The molecule has 8 heteroatoms. The summed E-state index contributed by atoms with van der Waals surface area (Å²) in [6.45, 7) is 4.85. The molecule has 3 aliphatic heterocycles. The van der Waals surface area contributed by atoms with Crippen LogP contribution >= 0.6 is 24.0 Å². The maximum atomic E-state index is 12.2. The number of aliphatic hydroxyl groups excluding tert-OH is 1. The zero-order valence-corrected chi connectivity index (χ0v) is 14.5. The van der Waals surface area contributed by atoms with E-state index in [2.05, 4.69) is 10.2 Å². The van der Waals surface area contributed by atoms with E-state index in [0.717, 1.165) is 28.7 Å². The normalized spacial score (nSPS) is 24.3. The monoisotopic (exact) mass is 353 g/mol. The fourth-order valence-corrected chi connectivity index (χ4v) is 3.79. The van der Waals surface area contributed by atoms with E-state index in [9.17, 15) is 9.90 Å². The Morgan fingerprint density at radius 3 is 2.96 bits per heavy atom. The molecule has 0 saturated carbocycles. The maximum Gasteiger partial charge on any atom is 0.254 e. The minimum atomic E-state index is -0.524. The van der Waals surface area contributed by atoms with Gasteiger partial charge in [-0.2, -0.15) is 0 Å². The summed E-state index contributed by atoms with van der Waals surface area (Å²) in [5.74, 6) is 0.577. The lowest BCUT2D eigenvalue weighted by Gasteiger charge is -2.36. The van der Waals surface area contributed by atoms with Crippen molar-refractivity contribution in [3.63, 3.8) is 0 Å². The van der Waals surface area contributed by atoms with E-state index < -0.39 is 6.17 Å². The SMILES string of the molecule is CC1=CN2C(=O)C=C(CSC(=S)N3CCOCC3)NC2C(O)=C1. The predicted molar refractivity (Wildman–Crippen MR) is 93.8 cm³/mol. The molecule has 1 amide bonds. The van der Waals surface area contributed by atoms with Crippen LogP contribution in [0.1, 0.15) is 6.92 Å². The number of fused-ring (bicyclic) bond motifs is 1. The van der Waals surface area contributed by atoms with Crippen LogP contribution in [0.15, 0.2) is 35.4 Å². The Morgan fingerprint density at radius 1 is 1.48 bits per heavy atom. The highest BCUT2D eigenvalue weighted by Crippen LogP contribution is 2.23. The van der Waals surface area contributed by atoms with E-state index in [4.69, 9.17) is 17.0 Å². The number of ether oxygens (including phenoxy) is 1. The first-order valence-corrected chi connectivity index (χ1v) is 8.82. The van der Waals surface area contributed by atoms with Gasteiger partial charge in [-0.05, 0) is 18.6 Å². The van der Waals surface area contributed by atoms with Gasteiger partial charge in [-0.3, -0.25) is 9.69 Å². The van der Waals surface area contributed by atoms with Crippen molar-refractivity contribution in [1.82, 2.24) is 15.1 Å². The van der Waals surface area contributed by atoms with E-state index >= 15 is 0 Å². The van der Waals surface area contributed by atoms with E-state index in [-0.39, 0.29) is 11.7 Å². The first-order chi connectivity index (χ1) is 11.0. The van der Waals surface area contributed by atoms with Crippen molar-refractivity contribution in [3.05, 3.63) is 35.4 Å². The number of morpholine rings is 1. The number of carbonyl (C=O) groups is 1. The fraction of sp³-hybridized carbons (Fsp3) is 0.467. The smallest absolute Gasteiger partial charge is 0.254 e. The van der Waals surface area contributed by atoms with Crippen LogP contribution in [-0.2, 0) is 9.53 Å². The molecule has 0 aromatic heterocycles. The summed E-state index contributed by atoms with van der Waals surface area (Å²) in [5.41, 5.74) is 1.61. The number of thioether (sulfide) groups is 1. The fourth-order valence-electron chi connectivity index (χ4n) is 2.62. The summed E-state index contributed by atoms with van der Waals surface area (Å²) in [6.07, 6.45) is 4.44. The third-order valence-electron chi connectivity index (χ3n) is 3.77. The molecular weight excluding hydrogens is 334 g/mol. The Kier molecular flexibility index (Phi) is 4.93. The van der Waals surface area contributed by atoms with Gasteiger partial charge in [0.1, 0.15) is 10.1 Å². The number of carbonyl (C=O) groups excluding carboxylic acids is 1. The molecule has 6 nitrogen and oxygen atoms in total. The molecule has 124 valence electrons. The second-order valence-electron chi connectivity index (χ2n) is 5.56. The highest BCUT2D eigenvalue weighted by atomic mass is 32.2. The van der Waals surface area contributed by atoms with Gasteiger partial charge >= 0.3 is 0 Å². The molecule has 23 heavy (non-hydrogen) atoms. The minimum absolute atomic E-state index is 0.138. The molecule has 0 bridgehead atoms. The van der Waals surface area contributed by atoms with Crippen molar-refractivity contribution in [3.8, 4) is 0 Å². The molecule has 1 saturated heterocycles. The number of nitrogens with one attached hydrogen (secondary N) is 1. The molecule has 3 aliphatic rings. The van der Waals surface area contributed by atoms with Crippen molar-refractivity contribution in [2.75, 3.05) is 32.1 Å². The molecule has 2 N–H and O–H groups in total. The Labute approximate surface area is 144 Å². The summed E-state index contributed by atoms with van der Waals surface area (Å²) in [5, 5.41) is 13.3. The summed E-state index contributed by atoms with van der Waals surface area (Å²) in [4.78, 5) is 15.8. The quantitative estimate of drug-likeness (QED) is 0.726. The van der Waals surface area contributed by atoms with Crippen LogP contribution in [0.2, 0.25) is 0 Å². The van der Waals surface area contributed by atoms with E-state index in [1.807, 2.05) is 6.92 Å². The lowest BCUT2D eigenvalue weighted by Crippen LogP contribution is -2.51. The van der Waals surface area contributed by atoms with Gasteiger partial charge in [0.25, 0.3) is 5.91 Å². The Balaban J connectivity index is 1.61. The standard InChI is InChI=1S/C15H19N3O3S2/c1-10-6-12(19)14-16-11(7-13(20)18(14)8-10)9-23-15(22)17-2-4-21-5-3-17/h6-8,14,16,19H,2-5,9H2,1H3. The maximum absolute atomic E-state index is 12.2. The molecule has 0 radical (unpaired) electrons. The number of hydrogen-bond acceptors (Lipinski definition) is 6. The molecule has 3 rings (SSSR count). The van der Waals surface area contributed by atoms with Gasteiger partial charge in [-0.1, -0.05) is 24.0 Å². The summed E-state index contributed by atoms with van der Waals surface area (Å²) in [6, 6.07) is 0. The lowest BCUT2D eigenvalue weighted by atomic mass is 10.1. The van der Waals surface area contributed by atoms with Crippen LogP contribution in [0.3, 0.4) is 0 Å². The molecular formula is C15H19N3O3S2. The van der Waals surface area contributed by atoms with Crippen molar-refractivity contribution < 1.29 is 14.6 Å². The van der Waals surface area contributed by atoms with Crippen molar-refractivity contribution in [1.29, 1.82) is 0 Å². The molecule has 0 aromatic rings. The second kappa shape index (κ2) is 6.94. The number of hydrogen-bond donors (Lipinski definition) is 2. The van der Waals surface area contributed by atoms with Crippen LogP contribution in [0, 0.1) is 0 Å². The first-order valence-electron chi connectivity index (χ1n) is 7.42. The summed E-state index contributed by atoms with van der Waals surface area (Å²) >= 11 is 6.95. The highest BCUT2D eigenvalue weighted by molar-refractivity contribution is 8.23. The van der Waals surface area contributed by atoms with Gasteiger partial charge in [-0.15, -0.1) is 0 Å². The third kappa shape index (κ3) is 3.70. The Bertz CT molecular complexity index is 609. The van der Waals surface area contributed by atoms with E-state index in [1.165, 1.54) is 16.7 Å². The molecule has 0 aromatic carbocycles. The van der Waals surface area contributed by atoms with E-state index in [1.54, 1.807) is 18.4 Å². The van der Waals surface area contributed by atoms with Crippen LogP contribution in [0.25, 0.3) is 0 Å². The predicted octanol–water partition coefficient (Wildman–Crippen LogP) is 1.34.